The summed E-state index contributed by atoms with van der Waals surface area (Å²) in [5.41, 5.74) is 8.32. The molecule has 2 rings (SSSR count). The molecule has 21 heavy (non-hydrogen) atoms. The molecule has 5 nitrogen and oxygen atoms in total. The number of halogens is 1. The third-order valence-corrected chi connectivity index (χ3v) is 3.95. The molecule has 2 aromatic carbocycles. The molecule has 0 aliphatic rings. The average molecular weight is 397 g/mol. The van der Waals surface area contributed by atoms with Crippen molar-refractivity contribution in [3.63, 3.8) is 0 Å². The molecule has 0 fully saturated rings. The summed E-state index contributed by atoms with van der Waals surface area (Å²) in [6, 6.07) is 13.6. The third-order valence-electron chi connectivity index (χ3n) is 3.00. The van der Waals surface area contributed by atoms with E-state index in [2.05, 4.69) is 33.1 Å². The van der Waals surface area contributed by atoms with Gasteiger partial charge in [-0.1, -0.05) is 23.4 Å². The predicted molar refractivity (Wildman–Crippen MR) is 92.0 cm³/mol. The van der Waals surface area contributed by atoms with Crippen molar-refractivity contribution in [2.45, 2.75) is 6.54 Å². The van der Waals surface area contributed by atoms with Crippen molar-refractivity contribution in [1.29, 1.82) is 0 Å². The lowest BCUT2D eigenvalue weighted by molar-refractivity contribution is 0.318. The number of hydrogen-bond donors (Lipinski definition) is 3. The molecule has 2 aromatic rings. The summed E-state index contributed by atoms with van der Waals surface area (Å²) >= 11 is 2.28. The molecular formula is C15H16IN3O2. The van der Waals surface area contributed by atoms with E-state index in [1.54, 1.807) is 13.2 Å². The molecule has 6 heteroatoms. The number of hydrogen-bond acceptors (Lipinski definition) is 4. The van der Waals surface area contributed by atoms with E-state index in [0.717, 1.165) is 14.8 Å². The van der Waals surface area contributed by atoms with Crippen LogP contribution in [0.1, 0.15) is 11.1 Å². The monoisotopic (exact) mass is 397 g/mol. The molecule has 0 saturated heterocycles. The van der Waals surface area contributed by atoms with Gasteiger partial charge in [0, 0.05) is 15.8 Å². The third kappa shape index (κ3) is 3.78. The number of nitrogens with zero attached hydrogens (tertiary/aromatic N) is 1. The SMILES string of the molecule is COc1ccc(CNc2ccccc2I)cc1C(N)=NO. The van der Waals surface area contributed by atoms with Gasteiger partial charge in [0.15, 0.2) is 5.84 Å². The van der Waals surface area contributed by atoms with Crippen LogP contribution >= 0.6 is 22.6 Å². The Morgan fingerprint density at radius 3 is 2.76 bits per heavy atom. The van der Waals surface area contributed by atoms with Gasteiger partial charge in [0.25, 0.3) is 0 Å². The molecule has 0 atom stereocenters. The van der Waals surface area contributed by atoms with Crippen LogP contribution < -0.4 is 15.8 Å². The van der Waals surface area contributed by atoms with Gasteiger partial charge in [0.1, 0.15) is 5.75 Å². The highest BCUT2D eigenvalue weighted by Gasteiger charge is 2.09. The van der Waals surface area contributed by atoms with Gasteiger partial charge in [-0.2, -0.15) is 0 Å². The van der Waals surface area contributed by atoms with E-state index >= 15 is 0 Å². The normalized spacial score (nSPS) is 11.2. The molecule has 0 aromatic heterocycles. The van der Waals surface area contributed by atoms with Gasteiger partial charge in [-0.15, -0.1) is 0 Å². The van der Waals surface area contributed by atoms with Crippen molar-refractivity contribution in [2.24, 2.45) is 10.9 Å². The van der Waals surface area contributed by atoms with Crippen LogP contribution in [0.5, 0.6) is 5.75 Å². The number of para-hydroxylation sites is 1. The van der Waals surface area contributed by atoms with Crippen LogP contribution in [0.4, 0.5) is 5.69 Å². The Morgan fingerprint density at radius 2 is 2.10 bits per heavy atom. The van der Waals surface area contributed by atoms with Gasteiger partial charge in [-0.25, -0.2) is 0 Å². The summed E-state index contributed by atoms with van der Waals surface area (Å²) < 4.78 is 6.36. The molecule has 0 heterocycles. The standard InChI is InChI=1S/C15H16IN3O2/c1-21-14-7-6-10(8-11(14)15(17)19-20)9-18-13-5-3-2-4-12(13)16/h2-8,18,20H,9H2,1H3,(H2,17,19). The number of methoxy groups -OCH3 is 1. The lowest BCUT2D eigenvalue weighted by Gasteiger charge is -2.12. The number of amidine groups is 1. The molecule has 0 aliphatic heterocycles. The maximum absolute atomic E-state index is 8.83. The summed E-state index contributed by atoms with van der Waals surface area (Å²) in [4.78, 5) is 0. The highest BCUT2D eigenvalue weighted by molar-refractivity contribution is 14.1. The van der Waals surface area contributed by atoms with Gasteiger partial charge >= 0.3 is 0 Å². The first-order valence-corrected chi connectivity index (χ1v) is 7.36. The summed E-state index contributed by atoms with van der Waals surface area (Å²) in [5, 5.41) is 15.2. The number of nitrogens with two attached hydrogens (primary N) is 1. The average Bonchev–Trinajstić information content (AvgIpc) is 2.53. The van der Waals surface area contributed by atoms with Gasteiger partial charge in [-0.3, -0.25) is 0 Å². The quantitative estimate of drug-likeness (QED) is 0.238. The van der Waals surface area contributed by atoms with E-state index < -0.39 is 0 Å². The number of ether oxygens (including phenoxy) is 1. The smallest absolute Gasteiger partial charge is 0.173 e. The van der Waals surface area contributed by atoms with Crippen molar-refractivity contribution in [3.8, 4) is 5.75 Å². The largest absolute Gasteiger partial charge is 0.496 e. The second-order valence-corrected chi connectivity index (χ2v) is 5.52. The minimum absolute atomic E-state index is 0.0305. The highest BCUT2D eigenvalue weighted by Crippen LogP contribution is 2.22. The van der Waals surface area contributed by atoms with Crippen molar-refractivity contribution in [1.82, 2.24) is 0 Å². The molecule has 110 valence electrons. The molecule has 0 amide bonds. The number of rotatable bonds is 5. The summed E-state index contributed by atoms with van der Waals surface area (Å²) in [5.74, 6) is 0.603. The number of nitrogens with one attached hydrogen (secondary N) is 1. The zero-order chi connectivity index (χ0) is 15.2. The first-order chi connectivity index (χ1) is 10.2. The Bertz CT molecular complexity index is 659. The fourth-order valence-electron chi connectivity index (χ4n) is 1.92. The van der Waals surface area contributed by atoms with Crippen molar-refractivity contribution in [2.75, 3.05) is 12.4 Å². The molecule has 0 bridgehead atoms. The van der Waals surface area contributed by atoms with Crippen LogP contribution in [0, 0.1) is 3.57 Å². The molecule has 0 aliphatic carbocycles. The first kappa shape index (κ1) is 15.4. The fourth-order valence-corrected chi connectivity index (χ4v) is 2.50. The summed E-state index contributed by atoms with van der Waals surface area (Å²) in [6.07, 6.45) is 0. The second kappa shape index (κ2) is 7.16. The predicted octanol–water partition coefficient (Wildman–Crippen LogP) is 3.01. The topological polar surface area (TPSA) is 79.9 Å². The van der Waals surface area contributed by atoms with Gasteiger partial charge in [-0.05, 0) is 52.4 Å². The van der Waals surface area contributed by atoms with Crippen molar-refractivity contribution in [3.05, 3.63) is 57.2 Å². The summed E-state index contributed by atoms with van der Waals surface area (Å²) in [6.45, 7) is 0.635. The number of oxime groups is 1. The van der Waals surface area contributed by atoms with Crippen molar-refractivity contribution >= 4 is 34.1 Å². The van der Waals surface area contributed by atoms with Crippen LogP contribution in [0.15, 0.2) is 47.6 Å². The van der Waals surface area contributed by atoms with Crippen LogP contribution in [0.2, 0.25) is 0 Å². The second-order valence-electron chi connectivity index (χ2n) is 4.35. The molecule has 0 unspecified atom stereocenters. The Hall–Kier alpha value is -1.96. The van der Waals surface area contributed by atoms with Crippen LogP contribution in [-0.2, 0) is 6.54 Å². The maximum Gasteiger partial charge on any atom is 0.173 e. The Labute approximate surface area is 136 Å². The fraction of sp³-hybridized carbons (Fsp3) is 0.133. The van der Waals surface area contributed by atoms with Gasteiger partial charge in [0.05, 0.1) is 12.7 Å². The highest BCUT2D eigenvalue weighted by atomic mass is 127. The van der Waals surface area contributed by atoms with Gasteiger partial charge < -0.3 is 21.0 Å². The zero-order valence-corrected chi connectivity index (χ0v) is 13.7. The Kier molecular flexibility index (Phi) is 5.26. The van der Waals surface area contributed by atoms with E-state index in [1.165, 1.54) is 0 Å². The van der Waals surface area contributed by atoms with E-state index in [9.17, 15) is 0 Å². The van der Waals surface area contributed by atoms with E-state index in [-0.39, 0.29) is 5.84 Å². The lowest BCUT2D eigenvalue weighted by atomic mass is 10.1. The maximum atomic E-state index is 8.83. The van der Waals surface area contributed by atoms with Crippen molar-refractivity contribution < 1.29 is 9.94 Å². The zero-order valence-electron chi connectivity index (χ0n) is 11.5. The first-order valence-electron chi connectivity index (χ1n) is 6.29. The van der Waals surface area contributed by atoms with Crippen LogP contribution in [0.3, 0.4) is 0 Å². The minimum Gasteiger partial charge on any atom is -0.496 e. The Morgan fingerprint density at radius 1 is 1.33 bits per heavy atom. The van der Waals surface area contributed by atoms with E-state index in [1.807, 2.05) is 36.4 Å². The molecule has 0 radical (unpaired) electrons. The molecule has 0 spiro atoms. The number of anilines is 1. The van der Waals surface area contributed by atoms with Crippen LogP contribution in [0.25, 0.3) is 0 Å². The van der Waals surface area contributed by atoms with E-state index in [0.29, 0.717) is 17.9 Å². The Balaban J connectivity index is 2.20. The van der Waals surface area contributed by atoms with Gasteiger partial charge in [0.2, 0.25) is 0 Å². The number of benzene rings is 2. The molecule has 0 saturated carbocycles. The van der Waals surface area contributed by atoms with E-state index in [4.69, 9.17) is 15.7 Å². The lowest BCUT2D eigenvalue weighted by Crippen LogP contribution is -2.15. The molecule has 4 N–H and O–H groups in total. The minimum atomic E-state index is 0.0305. The molecular weight excluding hydrogens is 381 g/mol. The summed E-state index contributed by atoms with van der Waals surface area (Å²) in [7, 11) is 1.55. The van der Waals surface area contributed by atoms with Crippen LogP contribution in [-0.4, -0.2) is 18.2 Å².